The smallest absolute Gasteiger partial charge is 0.278 e. The van der Waals surface area contributed by atoms with Crippen molar-refractivity contribution >= 4 is 23.1 Å². The lowest BCUT2D eigenvalue weighted by Crippen LogP contribution is -2.32. The number of hydrogen-bond acceptors (Lipinski definition) is 5. The molecule has 1 heterocycles. The second-order valence-electron chi connectivity index (χ2n) is 7.95. The van der Waals surface area contributed by atoms with E-state index in [1.165, 1.54) is 4.90 Å². The van der Waals surface area contributed by atoms with Crippen LogP contribution in [0.2, 0.25) is 0 Å². The highest BCUT2D eigenvalue weighted by molar-refractivity contribution is 6.36. The van der Waals surface area contributed by atoms with Gasteiger partial charge in [0.2, 0.25) is 0 Å². The van der Waals surface area contributed by atoms with E-state index in [1.807, 2.05) is 80.6 Å². The number of ether oxygens (including phenoxy) is 2. The van der Waals surface area contributed by atoms with Gasteiger partial charge in [0.25, 0.3) is 11.8 Å². The molecular formula is C27H26N2O4. The Morgan fingerprint density at radius 2 is 1.52 bits per heavy atom. The lowest BCUT2D eigenvalue weighted by Gasteiger charge is -2.15. The number of para-hydroxylation sites is 1. The molecule has 0 aliphatic carbocycles. The number of carbonyl (C=O) groups excluding carboxylic acids is 2. The monoisotopic (exact) mass is 442 g/mol. The summed E-state index contributed by atoms with van der Waals surface area (Å²) in [6.07, 6.45) is 0.0595. The van der Waals surface area contributed by atoms with Crippen molar-refractivity contribution in [2.24, 2.45) is 0 Å². The molecule has 0 unspecified atom stereocenters. The van der Waals surface area contributed by atoms with Gasteiger partial charge in [0.05, 0.1) is 25.3 Å². The Labute approximate surface area is 193 Å². The van der Waals surface area contributed by atoms with Crippen molar-refractivity contribution in [1.82, 2.24) is 4.90 Å². The first-order valence-corrected chi connectivity index (χ1v) is 10.8. The number of anilines is 1. The zero-order valence-electron chi connectivity index (χ0n) is 18.9. The lowest BCUT2D eigenvalue weighted by molar-refractivity contribution is -0.137. The summed E-state index contributed by atoms with van der Waals surface area (Å²) < 4.78 is 11.2. The van der Waals surface area contributed by atoms with Crippen LogP contribution in [0.1, 0.15) is 25.0 Å². The van der Waals surface area contributed by atoms with Gasteiger partial charge in [0, 0.05) is 11.3 Å². The van der Waals surface area contributed by atoms with Gasteiger partial charge in [-0.05, 0) is 49.7 Å². The number of carbonyl (C=O) groups is 2. The fourth-order valence-corrected chi connectivity index (χ4v) is 3.74. The molecule has 0 aromatic heterocycles. The number of benzene rings is 3. The number of nitrogens with zero attached hydrogens (tertiary/aromatic N) is 1. The SMILES string of the molecule is COc1ccccc1C1=C(Nc2ccc(OC(C)C)cc2)C(=O)N(Cc2ccccc2)C1=O. The van der Waals surface area contributed by atoms with E-state index in [4.69, 9.17) is 9.47 Å². The summed E-state index contributed by atoms with van der Waals surface area (Å²) in [6.45, 7) is 4.10. The highest BCUT2D eigenvalue weighted by Gasteiger charge is 2.40. The summed E-state index contributed by atoms with van der Waals surface area (Å²) in [6, 6.07) is 23.9. The maximum Gasteiger partial charge on any atom is 0.278 e. The summed E-state index contributed by atoms with van der Waals surface area (Å²) in [5.74, 6) is 0.507. The van der Waals surface area contributed by atoms with Crippen molar-refractivity contribution in [2.45, 2.75) is 26.5 Å². The molecule has 1 aliphatic rings. The summed E-state index contributed by atoms with van der Waals surface area (Å²) in [4.78, 5) is 28.2. The molecule has 0 spiro atoms. The molecule has 1 N–H and O–H groups in total. The van der Waals surface area contributed by atoms with Crippen LogP contribution in [0, 0.1) is 0 Å². The van der Waals surface area contributed by atoms with Crippen LogP contribution < -0.4 is 14.8 Å². The summed E-state index contributed by atoms with van der Waals surface area (Å²) in [5.41, 5.74) is 2.62. The zero-order valence-corrected chi connectivity index (χ0v) is 18.9. The molecule has 33 heavy (non-hydrogen) atoms. The van der Waals surface area contributed by atoms with E-state index in [-0.39, 0.29) is 35.7 Å². The van der Waals surface area contributed by atoms with Gasteiger partial charge in [-0.2, -0.15) is 0 Å². The third kappa shape index (κ3) is 4.75. The number of nitrogens with one attached hydrogen (secondary N) is 1. The van der Waals surface area contributed by atoms with E-state index in [1.54, 1.807) is 19.2 Å². The van der Waals surface area contributed by atoms with Gasteiger partial charge in [-0.1, -0.05) is 48.5 Å². The van der Waals surface area contributed by atoms with Gasteiger partial charge in [-0.3, -0.25) is 14.5 Å². The number of amides is 2. The molecule has 0 bridgehead atoms. The van der Waals surface area contributed by atoms with Crippen molar-refractivity contribution in [3.63, 3.8) is 0 Å². The number of rotatable bonds is 8. The molecule has 3 aromatic carbocycles. The van der Waals surface area contributed by atoms with Crippen LogP contribution in [-0.4, -0.2) is 29.9 Å². The Morgan fingerprint density at radius 3 is 2.18 bits per heavy atom. The van der Waals surface area contributed by atoms with Crippen LogP contribution >= 0.6 is 0 Å². The van der Waals surface area contributed by atoms with Crippen molar-refractivity contribution in [1.29, 1.82) is 0 Å². The summed E-state index contributed by atoms with van der Waals surface area (Å²) in [5, 5.41) is 3.17. The molecule has 0 fully saturated rings. The largest absolute Gasteiger partial charge is 0.496 e. The van der Waals surface area contributed by atoms with E-state index in [0.717, 1.165) is 11.3 Å². The van der Waals surface area contributed by atoms with E-state index in [9.17, 15) is 9.59 Å². The van der Waals surface area contributed by atoms with E-state index < -0.39 is 0 Å². The van der Waals surface area contributed by atoms with Crippen LogP contribution in [0.3, 0.4) is 0 Å². The fraction of sp³-hybridized carbons (Fsp3) is 0.185. The van der Waals surface area contributed by atoms with Crippen LogP contribution in [0.4, 0.5) is 5.69 Å². The van der Waals surface area contributed by atoms with E-state index in [2.05, 4.69) is 5.32 Å². The molecule has 6 nitrogen and oxygen atoms in total. The second-order valence-corrected chi connectivity index (χ2v) is 7.95. The molecular weight excluding hydrogens is 416 g/mol. The molecule has 168 valence electrons. The molecule has 0 atom stereocenters. The predicted octanol–water partition coefficient (Wildman–Crippen LogP) is 4.87. The Hall–Kier alpha value is -4.06. The number of hydrogen-bond donors (Lipinski definition) is 1. The first-order chi connectivity index (χ1) is 16.0. The molecule has 4 rings (SSSR count). The van der Waals surface area contributed by atoms with Crippen LogP contribution in [-0.2, 0) is 16.1 Å². The zero-order chi connectivity index (χ0) is 23.4. The first kappa shape index (κ1) is 22.1. The Bertz CT molecular complexity index is 1180. The average molecular weight is 443 g/mol. The molecule has 2 amide bonds. The number of methoxy groups -OCH3 is 1. The van der Waals surface area contributed by atoms with Crippen LogP contribution in [0.5, 0.6) is 11.5 Å². The van der Waals surface area contributed by atoms with Crippen molar-refractivity contribution in [3.8, 4) is 11.5 Å². The van der Waals surface area contributed by atoms with Gasteiger partial charge in [0.1, 0.15) is 17.2 Å². The second kappa shape index (κ2) is 9.61. The van der Waals surface area contributed by atoms with Crippen molar-refractivity contribution in [3.05, 3.63) is 95.7 Å². The Kier molecular flexibility index (Phi) is 6.45. The maximum absolute atomic E-state index is 13.5. The molecule has 0 saturated heterocycles. The van der Waals surface area contributed by atoms with Crippen LogP contribution in [0.15, 0.2) is 84.6 Å². The topological polar surface area (TPSA) is 67.9 Å². The van der Waals surface area contributed by atoms with Crippen molar-refractivity contribution in [2.75, 3.05) is 12.4 Å². The molecule has 0 radical (unpaired) electrons. The minimum atomic E-state index is -0.382. The highest BCUT2D eigenvalue weighted by atomic mass is 16.5. The molecule has 1 aliphatic heterocycles. The number of imide groups is 1. The summed E-state index contributed by atoms with van der Waals surface area (Å²) in [7, 11) is 1.54. The first-order valence-electron chi connectivity index (χ1n) is 10.8. The minimum Gasteiger partial charge on any atom is -0.496 e. The Morgan fingerprint density at radius 1 is 0.848 bits per heavy atom. The van der Waals surface area contributed by atoms with E-state index >= 15 is 0 Å². The molecule has 3 aromatic rings. The Balaban J connectivity index is 1.72. The van der Waals surface area contributed by atoms with Gasteiger partial charge < -0.3 is 14.8 Å². The fourth-order valence-electron chi connectivity index (χ4n) is 3.74. The average Bonchev–Trinajstić information content (AvgIpc) is 3.04. The lowest BCUT2D eigenvalue weighted by atomic mass is 10.0. The highest BCUT2D eigenvalue weighted by Crippen LogP contribution is 2.36. The third-order valence-corrected chi connectivity index (χ3v) is 5.22. The van der Waals surface area contributed by atoms with Crippen LogP contribution in [0.25, 0.3) is 5.57 Å². The quantitative estimate of drug-likeness (QED) is 0.504. The maximum atomic E-state index is 13.5. The van der Waals surface area contributed by atoms with Gasteiger partial charge in [-0.25, -0.2) is 0 Å². The summed E-state index contributed by atoms with van der Waals surface area (Å²) >= 11 is 0. The minimum absolute atomic E-state index is 0.0595. The van der Waals surface area contributed by atoms with Crippen molar-refractivity contribution < 1.29 is 19.1 Å². The third-order valence-electron chi connectivity index (χ3n) is 5.22. The van der Waals surface area contributed by atoms with E-state index in [0.29, 0.717) is 17.0 Å². The van der Waals surface area contributed by atoms with Gasteiger partial charge in [-0.15, -0.1) is 0 Å². The van der Waals surface area contributed by atoms with Gasteiger partial charge in [0.15, 0.2) is 0 Å². The normalized spacial score (nSPS) is 13.6. The predicted molar refractivity (Wildman–Crippen MR) is 128 cm³/mol. The molecule has 6 heteroatoms. The standard InChI is InChI=1S/C27H26N2O4/c1-18(2)33-21-15-13-20(14-16-21)28-25-24(22-11-7-8-12-23(22)32-3)26(30)29(27(25)31)17-19-9-5-4-6-10-19/h4-16,18,28H,17H2,1-3H3. The van der Waals surface area contributed by atoms with Gasteiger partial charge >= 0.3 is 0 Å². The molecule has 0 saturated carbocycles.